The van der Waals surface area contributed by atoms with E-state index < -0.39 is 23.1 Å². The molecule has 0 atom stereocenters. The van der Waals surface area contributed by atoms with E-state index in [-0.39, 0.29) is 5.82 Å². The summed E-state index contributed by atoms with van der Waals surface area (Å²) in [5.41, 5.74) is 2.12. The van der Waals surface area contributed by atoms with Gasteiger partial charge in [-0.2, -0.15) is 5.10 Å². The first kappa shape index (κ1) is 35.7. The van der Waals surface area contributed by atoms with Crippen molar-refractivity contribution in [2.45, 2.75) is 74.7 Å². The molecule has 1 fully saturated rings. The molecule has 14 heteroatoms. The molecule has 12 nitrogen and oxygen atoms in total. The van der Waals surface area contributed by atoms with Crippen LogP contribution in [0.4, 0.5) is 20.8 Å². The number of piperidine rings is 1. The molecule has 1 amide bonds. The van der Waals surface area contributed by atoms with Crippen LogP contribution in [0.1, 0.15) is 51.7 Å². The van der Waals surface area contributed by atoms with Gasteiger partial charge in [0, 0.05) is 31.4 Å². The standard InChI is InChI=1S/C37H43FN8O4S/c1-36(2,3)50-35(47)43-37(4)16-19-45(20-17-37)29-22-40-31-33(42-29)46(23-25-9-13-27(49-6)14-10-25)44-34(31)51-28-15-18-39-32(30(28)38)41-21-24-7-11-26(48-5)12-8-24/h7-15,18,22H,16-17,19-21,23H2,1-6H3,(H,39,41)(H,43,47). The van der Waals surface area contributed by atoms with Crippen LogP contribution >= 0.6 is 11.8 Å². The van der Waals surface area contributed by atoms with Gasteiger partial charge in [-0.05, 0) is 82.0 Å². The highest BCUT2D eigenvalue weighted by Crippen LogP contribution is 2.36. The number of carbonyl (C=O) groups excluding carboxylic acids is 1. The Kier molecular flexibility index (Phi) is 10.5. The lowest BCUT2D eigenvalue weighted by molar-refractivity contribution is 0.0448. The van der Waals surface area contributed by atoms with Crippen molar-refractivity contribution in [2.75, 3.05) is 37.5 Å². The minimum atomic E-state index is -0.571. The van der Waals surface area contributed by atoms with Crippen LogP contribution in [-0.2, 0) is 17.8 Å². The van der Waals surface area contributed by atoms with E-state index in [1.165, 1.54) is 11.8 Å². The second-order valence-corrected chi connectivity index (χ2v) is 14.7. The molecule has 2 N–H and O–H groups in total. The third kappa shape index (κ3) is 8.80. The number of rotatable bonds is 11. The summed E-state index contributed by atoms with van der Waals surface area (Å²) >= 11 is 1.18. The van der Waals surface area contributed by atoms with Gasteiger partial charge in [-0.1, -0.05) is 36.0 Å². The zero-order valence-electron chi connectivity index (χ0n) is 29.7. The van der Waals surface area contributed by atoms with Gasteiger partial charge in [0.15, 0.2) is 22.3 Å². The molecule has 1 aliphatic rings. The molecule has 0 unspecified atom stereocenters. The maximum atomic E-state index is 15.8. The Hall–Kier alpha value is -5.11. The van der Waals surface area contributed by atoms with E-state index in [4.69, 9.17) is 29.3 Å². The number of pyridine rings is 1. The van der Waals surface area contributed by atoms with E-state index in [1.54, 1.807) is 37.4 Å². The molecule has 51 heavy (non-hydrogen) atoms. The number of methoxy groups -OCH3 is 2. The number of hydrogen-bond acceptors (Lipinski definition) is 11. The topological polar surface area (TPSA) is 129 Å². The van der Waals surface area contributed by atoms with Crippen LogP contribution in [0.25, 0.3) is 11.2 Å². The first-order valence-electron chi connectivity index (χ1n) is 16.7. The van der Waals surface area contributed by atoms with Crippen molar-refractivity contribution in [1.29, 1.82) is 0 Å². The molecule has 0 bridgehead atoms. The third-order valence-electron chi connectivity index (χ3n) is 8.56. The summed E-state index contributed by atoms with van der Waals surface area (Å²) in [6.45, 7) is 9.72. The zero-order valence-corrected chi connectivity index (χ0v) is 30.5. The van der Waals surface area contributed by atoms with Crippen molar-refractivity contribution >= 4 is 40.7 Å². The zero-order chi connectivity index (χ0) is 36.2. The highest BCUT2D eigenvalue weighted by Gasteiger charge is 2.34. The molecule has 2 aromatic carbocycles. The molecule has 1 aliphatic heterocycles. The number of amides is 1. The number of ether oxygens (including phenoxy) is 3. The van der Waals surface area contributed by atoms with E-state index in [1.807, 2.05) is 76.2 Å². The summed E-state index contributed by atoms with van der Waals surface area (Å²) in [5, 5.41) is 11.6. The lowest BCUT2D eigenvalue weighted by atomic mass is 9.90. The Balaban J connectivity index is 1.24. The summed E-state index contributed by atoms with van der Waals surface area (Å²) in [4.78, 5) is 29.2. The number of carbonyl (C=O) groups is 1. The molecule has 0 aliphatic carbocycles. The number of fused-ring (bicyclic) bond motifs is 1. The highest BCUT2D eigenvalue weighted by atomic mass is 32.2. The average Bonchev–Trinajstić information content (AvgIpc) is 3.44. The summed E-state index contributed by atoms with van der Waals surface area (Å²) in [7, 11) is 3.25. The summed E-state index contributed by atoms with van der Waals surface area (Å²) < 4.78 is 33.7. The fourth-order valence-electron chi connectivity index (χ4n) is 5.71. The molecule has 0 saturated carbocycles. The van der Waals surface area contributed by atoms with E-state index in [2.05, 4.69) is 20.5 Å². The van der Waals surface area contributed by atoms with E-state index in [0.717, 1.165) is 22.6 Å². The molecule has 0 radical (unpaired) electrons. The maximum absolute atomic E-state index is 15.8. The molecule has 4 heterocycles. The fourth-order valence-corrected chi connectivity index (χ4v) is 6.61. The highest BCUT2D eigenvalue weighted by molar-refractivity contribution is 7.99. The molecular weight excluding hydrogens is 672 g/mol. The lowest BCUT2D eigenvalue weighted by Gasteiger charge is -2.40. The number of alkyl carbamates (subject to hydrolysis) is 1. The first-order valence-corrected chi connectivity index (χ1v) is 17.6. The van der Waals surface area contributed by atoms with Crippen molar-refractivity contribution in [3.8, 4) is 11.5 Å². The van der Waals surface area contributed by atoms with Crippen molar-refractivity contribution in [3.05, 3.63) is 83.9 Å². The molecule has 3 aromatic heterocycles. The summed E-state index contributed by atoms with van der Waals surface area (Å²) in [6, 6.07) is 16.9. The second kappa shape index (κ2) is 15.0. The van der Waals surface area contributed by atoms with Crippen LogP contribution < -0.4 is 25.0 Å². The Morgan fingerprint density at radius 3 is 2.24 bits per heavy atom. The van der Waals surface area contributed by atoms with Gasteiger partial charge in [-0.15, -0.1) is 0 Å². The largest absolute Gasteiger partial charge is 0.497 e. The summed E-state index contributed by atoms with van der Waals surface area (Å²) in [6.07, 6.45) is 4.30. The van der Waals surface area contributed by atoms with Gasteiger partial charge in [0.1, 0.15) is 28.4 Å². The van der Waals surface area contributed by atoms with Gasteiger partial charge in [0.25, 0.3) is 0 Å². The molecule has 6 rings (SSSR count). The van der Waals surface area contributed by atoms with Gasteiger partial charge in [0.05, 0.1) is 31.9 Å². The van der Waals surface area contributed by atoms with Crippen LogP contribution in [-0.4, -0.2) is 69.3 Å². The quantitative estimate of drug-likeness (QED) is 0.146. The smallest absolute Gasteiger partial charge is 0.408 e. The SMILES string of the molecule is COc1ccc(CNc2nccc(Sc3nn(Cc4ccc(OC)cc4)c4nc(N5CCC(C)(NC(=O)OC(C)(C)C)CC5)cnc34)c2F)cc1. The second-order valence-electron chi connectivity index (χ2n) is 13.7. The normalized spacial score (nSPS) is 14.3. The van der Waals surface area contributed by atoms with Crippen LogP contribution in [0, 0.1) is 5.82 Å². The minimum Gasteiger partial charge on any atom is -0.497 e. The molecule has 5 aromatic rings. The number of nitrogens with zero attached hydrogens (tertiary/aromatic N) is 6. The predicted molar refractivity (Wildman–Crippen MR) is 195 cm³/mol. The van der Waals surface area contributed by atoms with Crippen molar-refractivity contribution in [3.63, 3.8) is 0 Å². The first-order chi connectivity index (χ1) is 24.4. The number of benzene rings is 2. The fraction of sp³-hybridized carbons (Fsp3) is 0.378. The third-order valence-corrected chi connectivity index (χ3v) is 9.57. The van der Waals surface area contributed by atoms with Crippen LogP contribution in [0.15, 0.2) is 76.9 Å². The van der Waals surface area contributed by atoms with E-state index >= 15 is 4.39 Å². The van der Waals surface area contributed by atoms with Gasteiger partial charge in [-0.3, -0.25) is 0 Å². The Bertz CT molecular complexity index is 1970. The number of anilines is 2. The van der Waals surface area contributed by atoms with Crippen LogP contribution in [0.3, 0.4) is 0 Å². The van der Waals surface area contributed by atoms with Gasteiger partial charge in [0.2, 0.25) is 0 Å². The van der Waals surface area contributed by atoms with Crippen molar-refractivity contribution in [2.24, 2.45) is 0 Å². The molecule has 268 valence electrons. The molecule has 0 spiro atoms. The Morgan fingerprint density at radius 2 is 1.61 bits per heavy atom. The summed E-state index contributed by atoms with van der Waals surface area (Å²) in [5.74, 6) is 1.88. The van der Waals surface area contributed by atoms with Crippen LogP contribution in [0.5, 0.6) is 11.5 Å². The number of halogens is 1. The predicted octanol–water partition coefficient (Wildman–Crippen LogP) is 7.07. The number of hydrogen-bond donors (Lipinski definition) is 2. The van der Waals surface area contributed by atoms with Gasteiger partial charge >= 0.3 is 6.09 Å². The Labute approximate surface area is 301 Å². The van der Waals surface area contributed by atoms with Crippen molar-refractivity contribution < 1.29 is 23.4 Å². The van der Waals surface area contributed by atoms with Crippen LogP contribution in [0.2, 0.25) is 0 Å². The monoisotopic (exact) mass is 714 g/mol. The van der Waals surface area contributed by atoms with E-state index in [9.17, 15) is 4.79 Å². The lowest BCUT2D eigenvalue weighted by Crippen LogP contribution is -2.54. The van der Waals surface area contributed by atoms with Gasteiger partial charge in [-0.25, -0.2) is 28.8 Å². The Morgan fingerprint density at radius 1 is 0.961 bits per heavy atom. The minimum absolute atomic E-state index is 0.143. The van der Waals surface area contributed by atoms with E-state index in [0.29, 0.717) is 65.9 Å². The number of nitrogens with one attached hydrogen (secondary N) is 2. The molecular formula is C37H43FN8O4S. The molecule has 1 saturated heterocycles. The van der Waals surface area contributed by atoms with Gasteiger partial charge < -0.3 is 29.7 Å². The van der Waals surface area contributed by atoms with Crippen molar-refractivity contribution in [1.82, 2.24) is 30.0 Å². The maximum Gasteiger partial charge on any atom is 0.408 e. The average molecular weight is 715 g/mol. The number of aromatic nitrogens is 5.